The first-order chi connectivity index (χ1) is 6.22. The zero-order valence-corrected chi connectivity index (χ0v) is 8.67. The van der Waals surface area contributed by atoms with E-state index in [1.165, 1.54) is 6.33 Å². The van der Waals surface area contributed by atoms with Crippen molar-refractivity contribution in [2.24, 2.45) is 0 Å². The van der Waals surface area contributed by atoms with Crippen LogP contribution in [-0.4, -0.2) is 16.0 Å². The fraction of sp³-hybridized carbons (Fsp3) is 0.556. The molecule has 0 fully saturated rings. The van der Waals surface area contributed by atoms with Crippen molar-refractivity contribution in [1.29, 1.82) is 0 Å². The Morgan fingerprint density at radius 3 is 2.92 bits per heavy atom. The fourth-order valence-corrected chi connectivity index (χ4v) is 1.32. The third-order valence-electron chi connectivity index (χ3n) is 1.75. The first kappa shape index (κ1) is 10.3. The smallest absolute Gasteiger partial charge is 0.134 e. The molecule has 0 saturated heterocycles. The molecule has 0 saturated carbocycles. The van der Waals surface area contributed by atoms with Gasteiger partial charge in [0.25, 0.3) is 0 Å². The minimum absolute atomic E-state index is 0.427. The van der Waals surface area contributed by atoms with Gasteiger partial charge in [-0.25, -0.2) is 9.97 Å². The van der Waals surface area contributed by atoms with E-state index in [-0.39, 0.29) is 0 Å². The van der Waals surface area contributed by atoms with Gasteiger partial charge in [-0.05, 0) is 13.3 Å². The van der Waals surface area contributed by atoms with Crippen molar-refractivity contribution >= 4 is 17.4 Å². The van der Waals surface area contributed by atoms with Gasteiger partial charge in [0.1, 0.15) is 17.3 Å². The molecule has 0 spiro atoms. The van der Waals surface area contributed by atoms with E-state index in [0.29, 0.717) is 11.2 Å². The van der Waals surface area contributed by atoms with Crippen LogP contribution in [0.3, 0.4) is 0 Å². The van der Waals surface area contributed by atoms with Gasteiger partial charge >= 0.3 is 0 Å². The Morgan fingerprint density at radius 1 is 1.54 bits per heavy atom. The number of rotatable bonds is 4. The third kappa shape index (κ3) is 3.59. The highest BCUT2D eigenvalue weighted by atomic mass is 35.5. The molecule has 0 bridgehead atoms. The number of hydrogen-bond donors (Lipinski definition) is 1. The zero-order valence-electron chi connectivity index (χ0n) is 7.92. The minimum Gasteiger partial charge on any atom is -0.367 e. The molecule has 0 amide bonds. The van der Waals surface area contributed by atoms with Crippen LogP contribution in [0.25, 0.3) is 0 Å². The SMILES string of the molecule is CCCC(C)Nc1cc(Cl)ncn1. The molecule has 1 aromatic rings. The molecule has 1 unspecified atom stereocenters. The molecule has 1 heterocycles. The molecule has 0 aromatic carbocycles. The van der Waals surface area contributed by atoms with Crippen molar-refractivity contribution in [1.82, 2.24) is 9.97 Å². The highest BCUT2D eigenvalue weighted by Crippen LogP contribution is 2.10. The van der Waals surface area contributed by atoms with Crippen LogP contribution in [0.5, 0.6) is 0 Å². The lowest BCUT2D eigenvalue weighted by atomic mass is 10.2. The summed E-state index contributed by atoms with van der Waals surface area (Å²) in [7, 11) is 0. The van der Waals surface area contributed by atoms with Crippen molar-refractivity contribution in [3.05, 3.63) is 17.5 Å². The highest BCUT2D eigenvalue weighted by molar-refractivity contribution is 6.29. The van der Waals surface area contributed by atoms with Crippen molar-refractivity contribution in [3.63, 3.8) is 0 Å². The van der Waals surface area contributed by atoms with E-state index in [1.807, 2.05) is 0 Å². The summed E-state index contributed by atoms with van der Waals surface area (Å²) < 4.78 is 0. The van der Waals surface area contributed by atoms with Crippen LogP contribution < -0.4 is 5.32 Å². The van der Waals surface area contributed by atoms with Gasteiger partial charge in [0, 0.05) is 12.1 Å². The summed E-state index contributed by atoms with van der Waals surface area (Å²) in [6.07, 6.45) is 3.75. The number of hydrogen-bond acceptors (Lipinski definition) is 3. The molecule has 0 aliphatic rings. The normalized spacial score (nSPS) is 12.5. The van der Waals surface area contributed by atoms with Crippen molar-refractivity contribution in [3.8, 4) is 0 Å². The van der Waals surface area contributed by atoms with Gasteiger partial charge in [-0.3, -0.25) is 0 Å². The van der Waals surface area contributed by atoms with Gasteiger partial charge in [0.15, 0.2) is 0 Å². The maximum atomic E-state index is 5.71. The minimum atomic E-state index is 0.427. The quantitative estimate of drug-likeness (QED) is 0.758. The molecular weight excluding hydrogens is 186 g/mol. The molecule has 3 nitrogen and oxygen atoms in total. The summed E-state index contributed by atoms with van der Waals surface area (Å²) in [5.41, 5.74) is 0. The highest BCUT2D eigenvalue weighted by Gasteiger charge is 2.01. The van der Waals surface area contributed by atoms with E-state index in [9.17, 15) is 0 Å². The standard InChI is InChI=1S/C9H14ClN3/c1-3-4-7(2)13-9-5-8(10)11-6-12-9/h5-7H,3-4H2,1-2H3,(H,11,12,13). The lowest BCUT2D eigenvalue weighted by Gasteiger charge is -2.12. The number of halogens is 1. The monoisotopic (exact) mass is 199 g/mol. The van der Waals surface area contributed by atoms with E-state index >= 15 is 0 Å². The van der Waals surface area contributed by atoms with E-state index in [0.717, 1.165) is 18.7 Å². The molecule has 13 heavy (non-hydrogen) atoms. The van der Waals surface area contributed by atoms with E-state index in [4.69, 9.17) is 11.6 Å². The van der Waals surface area contributed by atoms with Gasteiger partial charge < -0.3 is 5.32 Å². The second-order valence-electron chi connectivity index (χ2n) is 3.06. The number of nitrogens with one attached hydrogen (secondary N) is 1. The third-order valence-corrected chi connectivity index (χ3v) is 1.96. The molecule has 4 heteroatoms. The fourth-order valence-electron chi connectivity index (χ4n) is 1.17. The van der Waals surface area contributed by atoms with E-state index in [2.05, 4.69) is 29.1 Å². The Bertz CT molecular complexity index is 265. The van der Waals surface area contributed by atoms with Crippen LogP contribution in [0.2, 0.25) is 5.15 Å². The average molecular weight is 200 g/mol. The Hall–Kier alpha value is -0.830. The maximum absolute atomic E-state index is 5.71. The maximum Gasteiger partial charge on any atom is 0.134 e. The second-order valence-corrected chi connectivity index (χ2v) is 3.45. The Labute approximate surface area is 83.5 Å². The van der Waals surface area contributed by atoms with Gasteiger partial charge in [0.2, 0.25) is 0 Å². The summed E-state index contributed by atoms with van der Waals surface area (Å²) in [6.45, 7) is 4.28. The molecule has 1 aromatic heterocycles. The summed E-state index contributed by atoms with van der Waals surface area (Å²) in [4.78, 5) is 7.86. The number of anilines is 1. The molecular formula is C9H14ClN3. The van der Waals surface area contributed by atoms with Crippen LogP contribution in [-0.2, 0) is 0 Å². The molecule has 0 radical (unpaired) electrons. The van der Waals surface area contributed by atoms with Crippen LogP contribution in [0.4, 0.5) is 5.82 Å². The number of nitrogens with zero attached hydrogens (tertiary/aromatic N) is 2. The summed E-state index contributed by atoms with van der Waals surface area (Å²) in [6, 6.07) is 2.16. The lowest BCUT2D eigenvalue weighted by molar-refractivity contribution is 0.687. The predicted molar refractivity (Wildman–Crippen MR) is 55.0 cm³/mol. The van der Waals surface area contributed by atoms with Gasteiger partial charge in [-0.15, -0.1) is 0 Å². The molecule has 1 atom stereocenters. The van der Waals surface area contributed by atoms with Crippen molar-refractivity contribution < 1.29 is 0 Å². The van der Waals surface area contributed by atoms with Crippen LogP contribution in [0.1, 0.15) is 26.7 Å². The Morgan fingerprint density at radius 2 is 2.31 bits per heavy atom. The summed E-state index contributed by atoms with van der Waals surface area (Å²) in [5.74, 6) is 0.793. The van der Waals surface area contributed by atoms with Crippen LogP contribution in [0.15, 0.2) is 12.4 Å². The van der Waals surface area contributed by atoms with E-state index < -0.39 is 0 Å². The summed E-state index contributed by atoms with van der Waals surface area (Å²) in [5, 5.41) is 3.72. The second kappa shape index (κ2) is 5.02. The van der Waals surface area contributed by atoms with Gasteiger partial charge in [-0.2, -0.15) is 0 Å². The van der Waals surface area contributed by atoms with Crippen molar-refractivity contribution in [2.45, 2.75) is 32.7 Å². The van der Waals surface area contributed by atoms with Crippen LogP contribution in [0, 0.1) is 0 Å². The Balaban J connectivity index is 2.53. The van der Waals surface area contributed by atoms with Crippen molar-refractivity contribution in [2.75, 3.05) is 5.32 Å². The summed E-state index contributed by atoms with van der Waals surface area (Å²) >= 11 is 5.71. The molecule has 1 rings (SSSR count). The molecule has 0 aliphatic carbocycles. The first-order valence-electron chi connectivity index (χ1n) is 4.46. The molecule has 0 aliphatic heterocycles. The van der Waals surface area contributed by atoms with E-state index in [1.54, 1.807) is 6.07 Å². The van der Waals surface area contributed by atoms with Crippen LogP contribution >= 0.6 is 11.6 Å². The largest absolute Gasteiger partial charge is 0.367 e. The molecule has 72 valence electrons. The topological polar surface area (TPSA) is 37.8 Å². The average Bonchev–Trinajstić information content (AvgIpc) is 2.04. The lowest BCUT2D eigenvalue weighted by Crippen LogP contribution is -2.15. The zero-order chi connectivity index (χ0) is 9.68. The first-order valence-corrected chi connectivity index (χ1v) is 4.84. The predicted octanol–water partition coefficient (Wildman–Crippen LogP) is 2.73. The Kier molecular flexibility index (Phi) is 3.96. The van der Waals surface area contributed by atoms with Gasteiger partial charge in [0.05, 0.1) is 0 Å². The molecule has 1 N–H and O–H groups in total. The number of aromatic nitrogens is 2. The van der Waals surface area contributed by atoms with Gasteiger partial charge in [-0.1, -0.05) is 24.9 Å².